The van der Waals surface area contributed by atoms with Gasteiger partial charge in [-0.2, -0.15) is 5.10 Å². The summed E-state index contributed by atoms with van der Waals surface area (Å²) < 4.78 is 1.80. The Morgan fingerprint density at radius 1 is 1.12 bits per heavy atom. The van der Waals surface area contributed by atoms with Crippen molar-refractivity contribution in [2.24, 2.45) is 0 Å². The van der Waals surface area contributed by atoms with Crippen LogP contribution in [-0.4, -0.2) is 48.7 Å². The Bertz CT molecular complexity index is 843. The van der Waals surface area contributed by atoms with Gasteiger partial charge in [0.25, 0.3) is 0 Å². The van der Waals surface area contributed by atoms with Crippen molar-refractivity contribution in [2.45, 2.75) is 38.0 Å². The summed E-state index contributed by atoms with van der Waals surface area (Å²) in [6, 6.07) is 10.0. The van der Waals surface area contributed by atoms with Crippen molar-refractivity contribution < 1.29 is 10.2 Å². The molecule has 2 unspecified atom stereocenters. The van der Waals surface area contributed by atoms with Crippen molar-refractivity contribution in [1.82, 2.24) is 19.7 Å². The maximum Gasteiger partial charge on any atom is 0.191 e. The van der Waals surface area contributed by atoms with Gasteiger partial charge in [0.2, 0.25) is 0 Å². The fourth-order valence-electron chi connectivity index (χ4n) is 2.75. The second-order valence-electron chi connectivity index (χ2n) is 5.73. The monoisotopic (exact) mass is 359 g/mol. The molecule has 2 atom stereocenters. The lowest BCUT2D eigenvalue weighted by atomic mass is 10.2. The highest BCUT2D eigenvalue weighted by Gasteiger charge is 2.24. The summed E-state index contributed by atoms with van der Waals surface area (Å²) >= 11 is 1.40. The highest BCUT2D eigenvalue weighted by atomic mass is 32.2. The molecule has 2 N–H and O–H groups in total. The molecule has 0 saturated heterocycles. The van der Waals surface area contributed by atoms with Gasteiger partial charge in [0.15, 0.2) is 10.8 Å². The molecule has 2 aromatic heterocycles. The minimum absolute atomic E-state index is 0.471. The van der Waals surface area contributed by atoms with Crippen molar-refractivity contribution in [1.29, 1.82) is 0 Å². The fraction of sp³-hybridized carbons (Fsp3) is 0.353. The zero-order chi connectivity index (χ0) is 18.0. The summed E-state index contributed by atoms with van der Waals surface area (Å²) in [5.41, 5.74) is 1.78. The number of anilines is 1. The number of rotatable bonds is 6. The average molecular weight is 359 g/mol. The van der Waals surface area contributed by atoms with E-state index in [2.05, 4.69) is 15.1 Å². The molecule has 25 heavy (non-hydrogen) atoms. The molecule has 3 rings (SSSR count). The van der Waals surface area contributed by atoms with Crippen molar-refractivity contribution in [3.8, 4) is 0 Å². The number of hydrogen-bond acceptors (Lipinski definition) is 7. The number of aliphatic hydroxyl groups is 2. The minimum atomic E-state index is -0.898. The molecule has 3 aromatic rings. The topological polar surface area (TPSA) is 87.3 Å². The third kappa shape index (κ3) is 3.60. The van der Waals surface area contributed by atoms with E-state index in [4.69, 9.17) is 0 Å². The van der Waals surface area contributed by atoms with Crippen LogP contribution in [0.1, 0.15) is 19.4 Å². The SMILES string of the molecule is CSc1nc(N(C(C)O)C(C)O)c2cnn(Cc3ccccc3)c2n1. The minimum Gasteiger partial charge on any atom is -0.374 e. The van der Waals surface area contributed by atoms with E-state index in [0.29, 0.717) is 28.6 Å². The van der Waals surface area contributed by atoms with E-state index in [1.807, 2.05) is 36.6 Å². The predicted molar refractivity (Wildman–Crippen MR) is 98.5 cm³/mol. The van der Waals surface area contributed by atoms with Crippen LogP contribution < -0.4 is 4.90 Å². The van der Waals surface area contributed by atoms with E-state index < -0.39 is 12.5 Å². The van der Waals surface area contributed by atoms with Crippen LogP contribution in [0.25, 0.3) is 11.0 Å². The summed E-state index contributed by atoms with van der Waals surface area (Å²) in [4.78, 5) is 10.5. The number of benzene rings is 1. The van der Waals surface area contributed by atoms with E-state index in [1.54, 1.807) is 24.7 Å². The summed E-state index contributed by atoms with van der Waals surface area (Å²) in [6.45, 7) is 3.76. The van der Waals surface area contributed by atoms with Gasteiger partial charge in [0.05, 0.1) is 18.1 Å². The Balaban J connectivity index is 2.13. The molecule has 8 heteroatoms. The third-order valence-corrected chi connectivity index (χ3v) is 4.41. The van der Waals surface area contributed by atoms with Gasteiger partial charge in [-0.15, -0.1) is 0 Å². The van der Waals surface area contributed by atoms with Crippen LogP contribution in [0.4, 0.5) is 5.82 Å². The molecule has 2 heterocycles. The van der Waals surface area contributed by atoms with E-state index in [-0.39, 0.29) is 0 Å². The summed E-state index contributed by atoms with van der Waals surface area (Å²) in [5.74, 6) is 0.471. The molecule has 0 aliphatic carbocycles. The number of thioether (sulfide) groups is 1. The van der Waals surface area contributed by atoms with Gasteiger partial charge < -0.3 is 15.1 Å². The standard InChI is InChI=1S/C17H21N5O2S/c1-11(23)22(12(2)24)16-14-9-18-21(10-13-7-5-4-6-8-13)15(14)19-17(20-16)25-3/h4-9,11-12,23-24H,10H2,1-3H3. The number of hydrogen-bond donors (Lipinski definition) is 2. The smallest absolute Gasteiger partial charge is 0.191 e. The quantitative estimate of drug-likeness (QED) is 0.396. The highest BCUT2D eigenvalue weighted by Crippen LogP contribution is 2.28. The van der Waals surface area contributed by atoms with Gasteiger partial charge in [-0.1, -0.05) is 42.1 Å². The van der Waals surface area contributed by atoms with Crippen LogP contribution >= 0.6 is 11.8 Å². The van der Waals surface area contributed by atoms with Gasteiger partial charge >= 0.3 is 0 Å². The number of nitrogens with zero attached hydrogens (tertiary/aromatic N) is 5. The van der Waals surface area contributed by atoms with Crippen LogP contribution in [0.2, 0.25) is 0 Å². The van der Waals surface area contributed by atoms with Crippen molar-refractivity contribution in [2.75, 3.05) is 11.2 Å². The first kappa shape index (κ1) is 17.7. The Kier molecular flexibility index (Phi) is 5.22. The molecule has 7 nitrogen and oxygen atoms in total. The van der Waals surface area contributed by atoms with Gasteiger partial charge in [-0.25, -0.2) is 14.6 Å². The average Bonchev–Trinajstić information content (AvgIpc) is 2.98. The summed E-state index contributed by atoms with van der Waals surface area (Å²) in [7, 11) is 0. The molecule has 1 aromatic carbocycles. The molecule has 0 aliphatic rings. The Morgan fingerprint density at radius 2 is 1.80 bits per heavy atom. The van der Waals surface area contributed by atoms with Crippen LogP contribution in [0.15, 0.2) is 41.7 Å². The molecule has 0 aliphatic heterocycles. The lowest BCUT2D eigenvalue weighted by Crippen LogP contribution is -2.41. The molecule has 0 spiro atoms. The normalized spacial score (nSPS) is 13.8. The van der Waals surface area contributed by atoms with Crippen LogP contribution in [0.3, 0.4) is 0 Å². The van der Waals surface area contributed by atoms with Gasteiger partial charge in [0.1, 0.15) is 18.3 Å². The Hall–Kier alpha value is -2.16. The predicted octanol–water partition coefficient (Wildman–Crippen LogP) is 2.08. The zero-order valence-corrected chi connectivity index (χ0v) is 15.2. The largest absolute Gasteiger partial charge is 0.374 e. The highest BCUT2D eigenvalue weighted by molar-refractivity contribution is 7.98. The molecule has 0 bridgehead atoms. The lowest BCUT2D eigenvalue weighted by Gasteiger charge is -2.29. The summed E-state index contributed by atoms with van der Waals surface area (Å²) in [5, 5.41) is 25.8. The molecule has 0 saturated carbocycles. The fourth-order valence-corrected chi connectivity index (χ4v) is 3.10. The van der Waals surface area contributed by atoms with Gasteiger partial charge in [-0.3, -0.25) is 0 Å². The maximum atomic E-state index is 10.1. The van der Waals surface area contributed by atoms with Gasteiger partial charge in [-0.05, 0) is 25.7 Å². The Labute approximate surface area is 150 Å². The first-order valence-electron chi connectivity index (χ1n) is 7.97. The second kappa shape index (κ2) is 7.38. The molecule has 0 radical (unpaired) electrons. The molecular weight excluding hydrogens is 338 g/mol. The van der Waals surface area contributed by atoms with Gasteiger partial charge in [0, 0.05) is 0 Å². The lowest BCUT2D eigenvalue weighted by molar-refractivity contribution is 0.104. The van der Waals surface area contributed by atoms with E-state index >= 15 is 0 Å². The first-order chi connectivity index (χ1) is 12.0. The second-order valence-corrected chi connectivity index (χ2v) is 6.50. The van der Waals surface area contributed by atoms with Crippen LogP contribution in [-0.2, 0) is 6.54 Å². The van der Waals surface area contributed by atoms with Crippen molar-refractivity contribution >= 4 is 28.6 Å². The molecular formula is C17H21N5O2S. The number of aromatic nitrogens is 4. The summed E-state index contributed by atoms with van der Waals surface area (Å²) in [6.07, 6.45) is 1.77. The third-order valence-electron chi connectivity index (χ3n) is 3.86. The Morgan fingerprint density at radius 3 is 2.40 bits per heavy atom. The van der Waals surface area contributed by atoms with Crippen LogP contribution in [0.5, 0.6) is 0 Å². The van der Waals surface area contributed by atoms with Crippen molar-refractivity contribution in [3.05, 3.63) is 42.1 Å². The van der Waals surface area contributed by atoms with E-state index in [1.165, 1.54) is 16.7 Å². The number of aliphatic hydroxyl groups excluding tert-OH is 2. The van der Waals surface area contributed by atoms with E-state index in [0.717, 1.165) is 5.56 Å². The maximum absolute atomic E-state index is 10.1. The van der Waals surface area contributed by atoms with E-state index in [9.17, 15) is 10.2 Å². The zero-order valence-electron chi connectivity index (χ0n) is 14.4. The first-order valence-corrected chi connectivity index (χ1v) is 9.19. The molecule has 0 fully saturated rings. The van der Waals surface area contributed by atoms with Crippen molar-refractivity contribution in [3.63, 3.8) is 0 Å². The molecule has 132 valence electrons. The number of fused-ring (bicyclic) bond motifs is 1. The molecule has 0 amide bonds. The van der Waals surface area contributed by atoms with Crippen LogP contribution in [0, 0.1) is 0 Å².